The Bertz CT molecular complexity index is 1090. The van der Waals surface area contributed by atoms with Gasteiger partial charge in [0.2, 0.25) is 0 Å². The Hall–Kier alpha value is -3.56. The van der Waals surface area contributed by atoms with Crippen molar-refractivity contribution in [3.05, 3.63) is 108 Å². The van der Waals surface area contributed by atoms with Crippen LogP contribution < -0.4 is 0 Å². The van der Waals surface area contributed by atoms with Gasteiger partial charge in [-0.3, -0.25) is 0 Å². The second kappa shape index (κ2) is 11.7. The maximum atomic E-state index is 12.7. The lowest BCUT2D eigenvalue weighted by atomic mass is 9.98. The zero-order valence-electron chi connectivity index (χ0n) is 18.8. The van der Waals surface area contributed by atoms with Gasteiger partial charge < -0.3 is 29.2 Å². The molecule has 182 valence electrons. The van der Waals surface area contributed by atoms with Crippen LogP contribution in [0.2, 0.25) is 0 Å². The quantitative estimate of drug-likeness (QED) is 0.476. The molecule has 1 aliphatic rings. The molecule has 35 heavy (non-hydrogen) atoms. The Balaban J connectivity index is 1.49. The van der Waals surface area contributed by atoms with E-state index < -0.39 is 42.6 Å². The molecule has 0 aromatic heterocycles. The number of aliphatic hydroxyl groups is 2. The van der Waals surface area contributed by atoms with E-state index in [0.717, 1.165) is 5.56 Å². The first-order valence-electron chi connectivity index (χ1n) is 11.2. The van der Waals surface area contributed by atoms with Crippen molar-refractivity contribution in [2.75, 3.05) is 6.61 Å². The van der Waals surface area contributed by atoms with E-state index in [4.69, 9.17) is 18.9 Å². The van der Waals surface area contributed by atoms with Gasteiger partial charge in [0.1, 0.15) is 12.2 Å². The molecule has 3 aromatic carbocycles. The molecule has 2 N–H and O–H groups in total. The predicted molar refractivity (Wildman–Crippen MR) is 124 cm³/mol. The van der Waals surface area contributed by atoms with Gasteiger partial charge in [0.15, 0.2) is 18.5 Å². The third-order valence-electron chi connectivity index (χ3n) is 5.54. The fraction of sp³-hybridized carbons (Fsp3) is 0.259. The van der Waals surface area contributed by atoms with E-state index >= 15 is 0 Å². The van der Waals surface area contributed by atoms with Crippen LogP contribution in [0.25, 0.3) is 0 Å². The number of carbonyl (C=O) groups excluding carboxylic acids is 2. The van der Waals surface area contributed by atoms with Crippen molar-refractivity contribution in [1.29, 1.82) is 0 Å². The Morgan fingerprint density at radius 1 is 0.714 bits per heavy atom. The third kappa shape index (κ3) is 6.32. The van der Waals surface area contributed by atoms with Crippen LogP contribution in [0.3, 0.4) is 0 Å². The molecule has 0 unspecified atom stereocenters. The summed E-state index contributed by atoms with van der Waals surface area (Å²) in [6.45, 7) is 0.163. The average molecular weight is 478 g/mol. The summed E-state index contributed by atoms with van der Waals surface area (Å²) in [6.07, 6.45) is -6.99. The van der Waals surface area contributed by atoms with Crippen molar-refractivity contribution < 1.29 is 38.7 Å². The SMILES string of the molecule is O=C(O[C@@H]1[C@@H](OC(=O)c2ccccc2)[C@H](O)[C@@H](COCc2ccccc2)O[C@H]1O)c1ccccc1. The number of benzene rings is 3. The van der Waals surface area contributed by atoms with Gasteiger partial charge >= 0.3 is 11.9 Å². The van der Waals surface area contributed by atoms with Gasteiger partial charge in [0, 0.05) is 0 Å². The van der Waals surface area contributed by atoms with Gasteiger partial charge in [-0.25, -0.2) is 9.59 Å². The predicted octanol–water partition coefficient (Wildman–Crippen LogP) is 2.73. The molecule has 1 fully saturated rings. The van der Waals surface area contributed by atoms with Crippen LogP contribution in [0, 0.1) is 0 Å². The fourth-order valence-electron chi connectivity index (χ4n) is 3.70. The van der Waals surface area contributed by atoms with E-state index in [2.05, 4.69) is 0 Å². The minimum absolute atomic E-state index is 0.0914. The highest BCUT2D eigenvalue weighted by atomic mass is 16.7. The van der Waals surface area contributed by atoms with E-state index in [1.807, 2.05) is 30.3 Å². The number of esters is 2. The molecule has 0 radical (unpaired) electrons. The topological polar surface area (TPSA) is 112 Å². The monoisotopic (exact) mass is 478 g/mol. The number of aliphatic hydroxyl groups excluding tert-OH is 2. The van der Waals surface area contributed by atoms with E-state index in [1.165, 1.54) is 0 Å². The number of carbonyl (C=O) groups is 2. The van der Waals surface area contributed by atoms with Crippen LogP contribution in [0.5, 0.6) is 0 Å². The van der Waals surface area contributed by atoms with Crippen molar-refractivity contribution >= 4 is 11.9 Å². The summed E-state index contributed by atoms with van der Waals surface area (Å²) in [5.74, 6) is -1.50. The lowest BCUT2D eigenvalue weighted by molar-refractivity contribution is -0.287. The number of hydrogen-bond acceptors (Lipinski definition) is 8. The molecule has 0 amide bonds. The summed E-state index contributed by atoms with van der Waals surface area (Å²) in [5, 5.41) is 21.7. The lowest BCUT2D eigenvalue weighted by Crippen LogP contribution is -2.61. The van der Waals surface area contributed by atoms with Gasteiger partial charge in [-0.15, -0.1) is 0 Å². The summed E-state index contributed by atoms with van der Waals surface area (Å²) in [6, 6.07) is 25.7. The van der Waals surface area contributed by atoms with E-state index in [-0.39, 0.29) is 24.3 Å². The van der Waals surface area contributed by atoms with Crippen LogP contribution in [0.15, 0.2) is 91.0 Å². The molecular weight excluding hydrogens is 452 g/mol. The van der Waals surface area contributed by atoms with E-state index in [9.17, 15) is 19.8 Å². The maximum absolute atomic E-state index is 12.7. The van der Waals surface area contributed by atoms with E-state index in [1.54, 1.807) is 60.7 Å². The lowest BCUT2D eigenvalue weighted by Gasteiger charge is -2.41. The zero-order valence-corrected chi connectivity index (χ0v) is 18.8. The van der Waals surface area contributed by atoms with Crippen molar-refractivity contribution in [2.24, 2.45) is 0 Å². The molecule has 3 aromatic rings. The number of hydrogen-bond donors (Lipinski definition) is 2. The molecule has 8 nitrogen and oxygen atoms in total. The first kappa shape index (κ1) is 24.6. The molecule has 8 heteroatoms. The molecule has 5 atom stereocenters. The van der Waals surface area contributed by atoms with Crippen molar-refractivity contribution in [3.63, 3.8) is 0 Å². The van der Waals surface area contributed by atoms with Crippen LogP contribution >= 0.6 is 0 Å². The van der Waals surface area contributed by atoms with Gasteiger partial charge in [0.05, 0.1) is 24.3 Å². The molecule has 1 aliphatic heterocycles. The first-order chi connectivity index (χ1) is 17.0. The first-order valence-corrected chi connectivity index (χ1v) is 11.2. The van der Waals surface area contributed by atoms with Crippen LogP contribution in [-0.2, 0) is 25.6 Å². The maximum Gasteiger partial charge on any atom is 0.338 e. The third-order valence-corrected chi connectivity index (χ3v) is 5.54. The summed E-state index contributed by atoms with van der Waals surface area (Å²) >= 11 is 0. The molecule has 0 aliphatic carbocycles. The van der Waals surface area contributed by atoms with Crippen LogP contribution in [0.1, 0.15) is 26.3 Å². The summed E-state index contributed by atoms with van der Waals surface area (Å²) in [4.78, 5) is 25.4. The molecule has 4 rings (SSSR count). The minimum atomic E-state index is -1.66. The highest BCUT2D eigenvalue weighted by molar-refractivity contribution is 5.90. The normalized spacial score (nSPS) is 23.9. The van der Waals surface area contributed by atoms with Gasteiger partial charge in [0.25, 0.3) is 0 Å². The highest BCUT2D eigenvalue weighted by Crippen LogP contribution is 2.27. The zero-order chi connectivity index (χ0) is 24.6. The highest BCUT2D eigenvalue weighted by Gasteiger charge is 2.49. The van der Waals surface area contributed by atoms with Crippen LogP contribution in [-0.4, -0.2) is 59.5 Å². The minimum Gasteiger partial charge on any atom is -0.452 e. The Morgan fingerprint density at radius 3 is 1.74 bits per heavy atom. The molecule has 1 saturated heterocycles. The molecule has 0 saturated carbocycles. The van der Waals surface area contributed by atoms with Crippen LogP contribution in [0.4, 0.5) is 0 Å². The summed E-state index contributed by atoms with van der Waals surface area (Å²) in [7, 11) is 0. The smallest absolute Gasteiger partial charge is 0.338 e. The summed E-state index contributed by atoms with van der Waals surface area (Å²) in [5.41, 5.74) is 1.39. The largest absolute Gasteiger partial charge is 0.452 e. The van der Waals surface area contributed by atoms with Gasteiger partial charge in [-0.05, 0) is 29.8 Å². The number of rotatable bonds is 8. The molecule has 1 heterocycles. The second-order valence-electron chi connectivity index (χ2n) is 8.03. The van der Waals surface area contributed by atoms with Gasteiger partial charge in [-0.2, -0.15) is 0 Å². The standard InChI is InChI=1S/C27H26O8/c28-22-21(17-32-16-18-10-4-1-5-11-18)33-27(31)24(35-26(30)20-14-8-3-9-15-20)23(22)34-25(29)19-12-6-2-7-13-19/h1-15,21-24,27-28,31H,16-17H2/t21-,22-,23+,24-,27-/m1/s1. The van der Waals surface area contributed by atoms with Crippen molar-refractivity contribution in [3.8, 4) is 0 Å². The van der Waals surface area contributed by atoms with E-state index in [0.29, 0.717) is 0 Å². The van der Waals surface area contributed by atoms with Gasteiger partial charge in [-0.1, -0.05) is 66.7 Å². The molecule has 0 spiro atoms. The fourth-order valence-corrected chi connectivity index (χ4v) is 3.70. The Labute approximate surface area is 202 Å². The number of ether oxygens (including phenoxy) is 4. The summed E-state index contributed by atoms with van der Waals surface area (Å²) < 4.78 is 22.2. The average Bonchev–Trinajstić information content (AvgIpc) is 2.90. The van der Waals surface area contributed by atoms with Crippen molar-refractivity contribution in [2.45, 2.75) is 37.3 Å². The second-order valence-corrected chi connectivity index (χ2v) is 8.03. The Morgan fingerprint density at radius 2 is 1.20 bits per heavy atom. The van der Waals surface area contributed by atoms with Crippen molar-refractivity contribution in [1.82, 2.24) is 0 Å². The molecular formula is C27H26O8. The Kier molecular flexibility index (Phi) is 8.23. The molecule has 0 bridgehead atoms.